The fraction of sp³-hybridized carbons (Fsp3) is 0.179. The zero-order valence-electron chi connectivity index (χ0n) is 18.3. The predicted molar refractivity (Wildman–Crippen MR) is 134 cm³/mol. The van der Waals surface area contributed by atoms with E-state index in [0.29, 0.717) is 13.1 Å². The molecule has 1 N–H and O–H groups in total. The van der Waals surface area contributed by atoms with Crippen molar-refractivity contribution in [2.75, 3.05) is 11.9 Å². The maximum atomic E-state index is 13.3. The molecule has 0 unspecified atom stereocenters. The van der Waals surface area contributed by atoms with Gasteiger partial charge in [-0.1, -0.05) is 78.9 Å². The number of nitrogens with zero attached hydrogens (tertiary/aromatic N) is 1. The van der Waals surface area contributed by atoms with Crippen molar-refractivity contribution in [3.8, 4) is 0 Å². The van der Waals surface area contributed by atoms with Gasteiger partial charge in [0.05, 0.1) is 6.54 Å². The van der Waals surface area contributed by atoms with Crippen LogP contribution in [0.1, 0.15) is 33.9 Å². The van der Waals surface area contributed by atoms with E-state index in [-0.39, 0.29) is 11.9 Å². The minimum absolute atomic E-state index is 0.0659. The third-order valence-electron chi connectivity index (χ3n) is 5.71. The van der Waals surface area contributed by atoms with Gasteiger partial charge in [-0.2, -0.15) is 0 Å². The molecule has 0 radical (unpaired) electrons. The molecule has 2 amide bonds. The summed E-state index contributed by atoms with van der Waals surface area (Å²) in [6, 6.07) is 32.8. The third-order valence-corrected chi connectivity index (χ3v) is 6.71. The maximum Gasteiger partial charge on any atom is 0.322 e. The van der Waals surface area contributed by atoms with Crippen LogP contribution in [0.5, 0.6) is 0 Å². The molecule has 1 heterocycles. The number of rotatable bonds is 8. The molecule has 3 aromatic carbocycles. The lowest BCUT2D eigenvalue weighted by Crippen LogP contribution is -2.36. The highest BCUT2D eigenvalue weighted by Crippen LogP contribution is 2.29. The Morgan fingerprint density at radius 2 is 1.41 bits per heavy atom. The summed E-state index contributed by atoms with van der Waals surface area (Å²) in [7, 11) is 0. The van der Waals surface area contributed by atoms with Crippen molar-refractivity contribution in [1.82, 2.24) is 4.90 Å². The number of carbonyl (C=O) groups is 1. The van der Waals surface area contributed by atoms with E-state index < -0.39 is 0 Å². The second-order valence-electron chi connectivity index (χ2n) is 7.91. The molecule has 162 valence electrons. The van der Waals surface area contributed by atoms with Crippen LogP contribution in [0.2, 0.25) is 0 Å². The minimum atomic E-state index is -0.0659. The van der Waals surface area contributed by atoms with Crippen LogP contribution in [0.4, 0.5) is 10.5 Å². The largest absolute Gasteiger partial charge is 0.322 e. The van der Waals surface area contributed by atoms with Gasteiger partial charge in [-0.05, 0) is 53.6 Å². The predicted octanol–water partition coefficient (Wildman–Crippen LogP) is 7.31. The standard InChI is InChI=1S/C28H28N2OS/c1-22-18-20-32-27(22)21-30(28(31)29-25-15-9-4-10-16-25)19-17-26(23-11-5-2-6-12-23)24-13-7-3-8-14-24/h2-16,18,20,26H,17,19,21H2,1H3,(H,29,31). The lowest BCUT2D eigenvalue weighted by Gasteiger charge is -2.26. The molecule has 32 heavy (non-hydrogen) atoms. The van der Waals surface area contributed by atoms with Crippen LogP contribution in [0, 0.1) is 6.92 Å². The van der Waals surface area contributed by atoms with E-state index in [1.54, 1.807) is 11.3 Å². The summed E-state index contributed by atoms with van der Waals surface area (Å²) in [6.45, 7) is 3.37. The van der Waals surface area contributed by atoms with Crippen molar-refractivity contribution >= 4 is 23.1 Å². The molecule has 0 spiro atoms. The highest BCUT2D eigenvalue weighted by molar-refractivity contribution is 7.10. The van der Waals surface area contributed by atoms with Gasteiger partial charge in [0, 0.05) is 23.0 Å². The summed E-state index contributed by atoms with van der Waals surface area (Å²) in [5.41, 5.74) is 4.59. The first kappa shape index (κ1) is 21.8. The Hall–Kier alpha value is -3.37. The molecule has 4 aromatic rings. The number of carbonyl (C=O) groups excluding carboxylic acids is 1. The monoisotopic (exact) mass is 440 g/mol. The molecule has 0 fully saturated rings. The number of urea groups is 1. The van der Waals surface area contributed by atoms with Gasteiger partial charge < -0.3 is 10.2 Å². The molecule has 1 aromatic heterocycles. The summed E-state index contributed by atoms with van der Waals surface area (Å²) < 4.78 is 0. The molecule has 0 saturated carbocycles. The van der Waals surface area contributed by atoms with Gasteiger partial charge in [-0.15, -0.1) is 11.3 Å². The van der Waals surface area contributed by atoms with Gasteiger partial charge in [0.1, 0.15) is 0 Å². The average molecular weight is 441 g/mol. The van der Waals surface area contributed by atoms with Gasteiger partial charge in [0.2, 0.25) is 0 Å². The quantitative estimate of drug-likeness (QED) is 0.306. The molecule has 4 heteroatoms. The second kappa shape index (κ2) is 10.8. The van der Waals surface area contributed by atoms with Crippen LogP contribution >= 0.6 is 11.3 Å². The van der Waals surface area contributed by atoms with E-state index in [4.69, 9.17) is 0 Å². The number of hydrogen-bond acceptors (Lipinski definition) is 2. The Labute approximate surface area is 194 Å². The number of thiophene rings is 1. The van der Waals surface area contributed by atoms with Crippen molar-refractivity contribution < 1.29 is 4.79 Å². The molecule has 0 atom stereocenters. The lowest BCUT2D eigenvalue weighted by molar-refractivity contribution is 0.208. The van der Waals surface area contributed by atoms with E-state index in [9.17, 15) is 4.79 Å². The lowest BCUT2D eigenvalue weighted by atomic mass is 9.88. The summed E-state index contributed by atoms with van der Waals surface area (Å²) >= 11 is 1.71. The highest BCUT2D eigenvalue weighted by atomic mass is 32.1. The number of para-hydroxylation sites is 1. The number of benzene rings is 3. The third kappa shape index (κ3) is 5.65. The van der Waals surface area contributed by atoms with E-state index >= 15 is 0 Å². The Balaban J connectivity index is 1.56. The van der Waals surface area contributed by atoms with Crippen LogP contribution < -0.4 is 5.32 Å². The van der Waals surface area contributed by atoms with E-state index in [2.05, 4.69) is 72.2 Å². The summed E-state index contributed by atoms with van der Waals surface area (Å²) in [5, 5.41) is 5.16. The second-order valence-corrected chi connectivity index (χ2v) is 8.91. The summed E-state index contributed by atoms with van der Waals surface area (Å²) in [6.07, 6.45) is 0.848. The van der Waals surface area contributed by atoms with Crippen LogP contribution in [-0.4, -0.2) is 17.5 Å². The molecule has 0 aliphatic carbocycles. The number of amides is 2. The topological polar surface area (TPSA) is 32.3 Å². The normalized spacial score (nSPS) is 10.8. The van der Waals surface area contributed by atoms with E-state index in [1.807, 2.05) is 47.4 Å². The first-order chi connectivity index (χ1) is 15.7. The number of hydrogen-bond donors (Lipinski definition) is 1. The Morgan fingerprint density at radius 3 is 1.94 bits per heavy atom. The Morgan fingerprint density at radius 1 is 0.844 bits per heavy atom. The van der Waals surface area contributed by atoms with Crippen LogP contribution in [0.15, 0.2) is 102 Å². The van der Waals surface area contributed by atoms with E-state index in [1.165, 1.54) is 21.6 Å². The van der Waals surface area contributed by atoms with Crippen molar-refractivity contribution in [2.45, 2.75) is 25.8 Å². The molecule has 3 nitrogen and oxygen atoms in total. The van der Waals surface area contributed by atoms with Crippen molar-refractivity contribution in [3.05, 3.63) is 124 Å². The number of nitrogens with one attached hydrogen (secondary N) is 1. The van der Waals surface area contributed by atoms with Crippen molar-refractivity contribution in [2.24, 2.45) is 0 Å². The first-order valence-electron chi connectivity index (χ1n) is 10.9. The first-order valence-corrected chi connectivity index (χ1v) is 11.8. The van der Waals surface area contributed by atoms with Gasteiger partial charge in [-0.3, -0.25) is 0 Å². The molecule has 0 saturated heterocycles. The van der Waals surface area contributed by atoms with Crippen LogP contribution in [-0.2, 0) is 6.54 Å². The van der Waals surface area contributed by atoms with Gasteiger partial charge in [0.25, 0.3) is 0 Å². The van der Waals surface area contributed by atoms with Crippen molar-refractivity contribution in [1.29, 1.82) is 0 Å². The Bertz CT molecular complexity index is 1070. The average Bonchev–Trinajstić information content (AvgIpc) is 3.24. The van der Waals surface area contributed by atoms with Gasteiger partial charge in [-0.25, -0.2) is 4.79 Å². The number of aryl methyl sites for hydroxylation is 1. The van der Waals surface area contributed by atoms with Crippen LogP contribution in [0.25, 0.3) is 0 Å². The molecule has 4 rings (SSSR count). The maximum absolute atomic E-state index is 13.3. The van der Waals surface area contributed by atoms with Gasteiger partial charge in [0.15, 0.2) is 0 Å². The van der Waals surface area contributed by atoms with Gasteiger partial charge >= 0.3 is 6.03 Å². The Kier molecular flexibility index (Phi) is 7.36. The zero-order chi connectivity index (χ0) is 22.2. The number of anilines is 1. The smallest absolute Gasteiger partial charge is 0.319 e. The van der Waals surface area contributed by atoms with E-state index in [0.717, 1.165) is 12.1 Å². The highest BCUT2D eigenvalue weighted by Gasteiger charge is 2.20. The fourth-order valence-electron chi connectivity index (χ4n) is 3.90. The fourth-order valence-corrected chi connectivity index (χ4v) is 4.82. The molecule has 0 aliphatic rings. The molecule has 0 bridgehead atoms. The molecular weight excluding hydrogens is 412 g/mol. The zero-order valence-corrected chi connectivity index (χ0v) is 19.1. The summed E-state index contributed by atoms with van der Waals surface area (Å²) in [5.74, 6) is 0.230. The molecular formula is C28H28N2OS. The summed E-state index contributed by atoms with van der Waals surface area (Å²) in [4.78, 5) is 16.4. The van der Waals surface area contributed by atoms with Crippen molar-refractivity contribution in [3.63, 3.8) is 0 Å². The minimum Gasteiger partial charge on any atom is -0.319 e. The van der Waals surface area contributed by atoms with Crippen LogP contribution in [0.3, 0.4) is 0 Å². The SMILES string of the molecule is Cc1ccsc1CN(CCC(c1ccccc1)c1ccccc1)C(=O)Nc1ccccc1. The molecule has 0 aliphatic heterocycles.